The lowest BCUT2D eigenvalue weighted by Crippen LogP contribution is -2.54. The van der Waals surface area contributed by atoms with Crippen molar-refractivity contribution in [1.82, 2.24) is 9.80 Å². The van der Waals surface area contributed by atoms with E-state index in [1.807, 2.05) is 0 Å². The summed E-state index contributed by atoms with van der Waals surface area (Å²) in [5.74, 6) is 0.576. The monoisotopic (exact) mass is 227 g/mol. The SMILES string of the molecule is CC1CN(C)CCN1CC(N)C1CCOC1. The van der Waals surface area contributed by atoms with Crippen LogP contribution in [0.15, 0.2) is 0 Å². The van der Waals surface area contributed by atoms with E-state index in [1.54, 1.807) is 0 Å². The van der Waals surface area contributed by atoms with Crippen molar-refractivity contribution < 1.29 is 4.74 Å². The predicted octanol–water partition coefficient (Wildman–Crippen LogP) is -0.0139. The fraction of sp³-hybridized carbons (Fsp3) is 1.00. The van der Waals surface area contributed by atoms with Crippen LogP contribution in [0.3, 0.4) is 0 Å². The molecule has 3 atom stereocenters. The lowest BCUT2D eigenvalue weighted by Gasteiger charge is -2.40. The van der Waals surface area contributed by atoms with E-state index in [0.29, 0.717) is 12.0 Å². The summed E-state index contributed by atoms with van der Waals surface area (Å²) < 4.78 is 5.40. The van der Waals surface area contributed by atoms with Crippen LogP contribution in [0.4, 0.5) is 0 Å². The fourth-order valence-electron chi connectivity index (χ4n) is 2.76. The molecule has 2 aliphatic rings. The van der Waals surface area contributed by atoms with Gasteiger partial charge in [-0.05, 0) is 20.4 Å². The van der Waals surface area contributed by atoms with Crippen LogP contribution in [0.5, 0.6) is 0 Å². The van der Waals surface area contributed by atoms with Gasteiger partial charge in [-0.15, -0.1) is 0 Å². The molecule has 2 N–H and O–H groups in total. The summed E-state index contributed by atoms with van der Waals surface area (Å²) >= 11 is 0. The van der Waals surface area contributed by atoms with Gasteiger partial charge in [0, 0.05) is 50.8 Å². The normalized spacial score (nSPS) is 35.4. The highest BCUT2D eigenvalue weighted by Crippen LogP contribution is 2.17. The smallest absolute Gasteiger partial charge is 0.0510 e. The zero-order valence-corrected chi connectivity index (χ0v) is 10.6. The second-order valence-corrected chi connectivity index (χ2v) is 5.39. The van der Waals surface area contributed by atoms with Crippen LogP contribution in [0, 0.1) is 5.92 Å². The number of nitrogens with two attached hydrogens (primary N) is 1. The van der Waals surface area contributed by atoms with Gasteiger partial charge >= 0.3 is 0 Å². The van der Waals surface area contributed by atoms with Gasteiger partial charge in [0.05, 0.1) is 6.61 Å². The molecule has 0 spiro atoms. The number of ether oxygens (including phenoxy) is 1. The fourth-order valence-corrected chi connectivity index (χ4v) is 2.76. The Morgan fingerprint density at radius 3 is 2.88 bits per heavy atom. The highest BCUT2D eigenvalue weighted by molar-refractivity contribution is 4.84. The standard InChI is InChI=1S/C12H25N3O/c1-10-7-14(2)4-5-15(10)8-12(13)11-3-6-16-9-11/h10-12H,3-9,13H2,1-2H3. The van der Waals surface area contributed by atoms with Gasteiger partial charge in [0.25, 0.3) is 0 Å². The van der Waals surface area contributed by atoms with Crippen LogP contribution in [-0.4, -0.2) is 68.3 Å². The number of rotatable bonds is 3. The average molecular weight is 227 g/mol. The first-order valence-corrected chi connectivity index (χ1v) is 6.42. The quantitative estimate of drug-likeness (QED) is 0.736. The topological polar surface area (TPSA) is 41.7 Å². The molecular formula is C12H25N3O. The first kappa shape index (κ1) is 12.3. The molecule has 2 rings (SSSR count). The van der Waals surface area contributed by atoms with E-state index < -0.39 is 0 Å². The summed E-state index contributed by atoms with van der Waals surface area (Å²) in [7, 11) is 2.19. The van der Waals surface area contributed by atoms with Crippen molar-refractivity contribution in [2.24, 2.45) is 11.7 Å². The molecule has 94 valence electrons. The minimum atomic E-state index is 0.286. The summed E-state index contributed by atoms with van der Waals surface area (Å²) in [4.78, 5) is 4.92. The van der Waals surface area contributed by atoms with Crippen molar-refractivity contribution in [3.8, 4) is 0 Å². The molecule has 0 saturated carbocycles. The van der Waals surface area contributed by atoms with Gasteiger partial charge in [-0.1, -0.05) is 0 Å². The molecule has 2 saturated heterocycles. The largest absolute Gasteiger partial charge is 0.381 e. The Labute approximate surface area is 98.7 Å². The molecule has 0 aromatic carbocycles. The number of nitrogens with zero attached hydrogens (tertiary/aromatic N) is 2. The average Bonchev–Trinajstić information content (AvgIpc) is 2.75. The van der Waals surface area contributed by atoms with E-state index in [2.05, 4.69) is 23.8 Å². The molecule has 0 aliphatic carbocycles. The summed E-state index contributed by atoms with van der Waals surface area (Å²) in [5, 5.41) is 0. The Morgan fingerprint density at radius 2 is 2.25 bits per heavy atom. The minimum absolute atomic E-state index is 0.286. The van der Waals surface area contributed by atoms with Crippen LogP contribution >= 0.6 is 0 Å². The second-order valence-electron chi connectivity index (χ2n) is 5.39. The van der Waals surface area contributed by atoms with Gasteiger partial charge in [0.1, 0.15) is 0 Å². The predicted molar refractivity (Wildman–Crippen MR) is 65.4 cm³/mol. The molecule has 2 aliphatic heterocycles. The summed E-state index contributed by atoms with van der Waals surface area (Å²) in [6.45, 7) is 8.57. The van der Waals surface area contributed by atoms with E-state index in [4.69, 9.17) is 10.5 Å². The van der Waals surface area contributed by atoms with Crippen molar-refractivity contribution in [1.29, 1.82) is 0 Å². The Balaban J connectivity index is 1.79. The Kier molecular flexibility index (Phi) is 4.19. The Bertz CT molecular complexity index is 218. The van der Waals surface area contributed by atoms with Gasteiger partial charge in [-0.25, -0.2) is 0 Å². The van der Waals surface area contributed by atoms with Crippen molar-refractivity contribution in [2.75, 3.05) is 46.4 Å². The molecular weight excluding hydrogens is 202 g/mol. The Hall–Kier alpha value is -0.160. The highest BCUT2D eigenvalue weighted by Gasteiger charge is 2.28. The van der Waals surface area contributed by atoms with Gasteiger partial charge < -0.3 is 15.4 Å². The van der Waals surface area contributed by atoms with Gasteiger partial charge in [-0.2, -0.15) is 0 Å². The maximum absolute atomic E-state index is 6.27. The number of likely N-dealkylation sites (N-methyl/N-ethyl adjacent to an activating group) is 1. The first-order chi connectivity index (χ1) is 7.66. The summed E-state index contributed by atoms with van der Waals surface area (Å²) in [6, 6.07) is 0.917. The molecule has 0 aromatic heterocycles. The van der Waals surface area contributed by atoms with Crippen LogP contribution in [0.25, 0.3) is 0 Å². The summed E-state index contributed by atoms with van der Waals surface area (Å²) in [6.07, 6.45) is 1.14. The van der Waals surface area contributed by atoms with E-state index >= 15 is 0 Å². The number of hydrogen-bond acceptors (Lipinski definition) is 4. The molecule has 16 heavy (non-hydrogen) atoms. The molecule has 4 nitrogen and oxygen atoms in total. The lowest BCUT2D eigenvalue weighted by atomic mass is 9.98. The molecule has 0 radical (unpaired) electrons. The third kappa shape index (κ3) is 2.94. The first-order valence-electron chi connectivity index (χ1n) is 6.42. The minimum Gasteiger partial charge on any atom is -0.381 e. The van der Waals surface area contributed by atoms with Gasteiger partial charge in [-0.3, -0.25) is 4.90 Å². The highest BCUT2D eigenvalue weighted by atomic mass is 16.5. The molecule has 0 amide bonds. The van der Waals surface area contributed by atoms with E-state index in [-0.39, 0.29) is 6.04 Å². The van der Waals surface area contributed by atoms with Crippen molar-refractivity contribution >= 4 is 0 Å². The van der Waals surface area contributed by atoms with E-state index in [9.17, 15) is 0 Å². The van der Waals surface area contributed by atoms with Gasteiger partial charge in [0.15, 0.2) is 0 Å². The van der Waals surface area contributed by atoms with Crippen LogP contribution in [0.1, 0.15) is 13.3 Å². The number of hydrogen-bond donors (Lipinski definition) is 1. The number of piperazine rings is 1. The zero-order chi connectivity index (χ0) is 11.5. The maximum atomic E-state index is 6.27. The van der Waals surface area contributed by atoms with Crippen molar-refractivity contribution in [3.05, 3.63) is 0 Å². The van der Waals surface area contributed by atoms with Crippen LogP contribution in [-0.2, 0) is 4.74 Å². The molecule has 2 heterocycles. The third-order valence-electron chi connectivity index (χ3n) is 3.98. The second kappa shape index (κ2) is 5.45. The molecule has 0 aromatic rings. The van der Waals surface area contributed by atoms with Crippen LogP contribution < -0.4 is 5.73 Å². The van der Waals surface area contributed by atoms with E-state index in [1.165, 1.54) is 0 Å². The molecule has 4 heteroatoms. The summed E-state index contributed by atoms with van der Waals surface area (Å²) in [5.41, 5.74) is 6.27. The van der Waals surface area contributed by atoms with Crippen LogP contribution in [0.2, 0.25) is 0 Å². The Morgan fingerprint density at radius 1 is 1.44 bits per heavy atom. The maximum Gasteiger partial charge on any atom is 0.0510 e. The molecule has 0 bridgehead atoms. The zero-order valence-electron chi connectivity index (χ0n) is 10.6. The van der Waals surface area contributed by atoms with Crippen molar-refractivity contribution in [2.45, 2.75) is 25.4 Å². The van der Waals surface area contributed by atoms with E-state index in [0.717, 1.165) is 45.8 Å². The molecule has 2 fully saturated rings. The lowest BCUT2D eigenvalue weighted by molar-refractivity contribution is 0.0857. The molecule has 3 unspecified atom stereocenters. The third-order valence-corrected chi connectivity index (χ3v) is 3.98. The van der Waals surface area contributed by atoms with Crippen molar-refractivity contribution in [3.63, 3.8) is 0 Å². The van der Waals surface area contributed by atoms with Gasteiger partial charge in [0.2, 0.25) is 0 Å².